The van der Waals surface area contributed by atoms with E-state index in [4.69, 9.17) is 10.5 Å². The summed E-state index contributed by atoms with van der Waals surface area (Å²) in [5, 5.41) is 9.91. The van der Waals surface area contributed by atoms with Crippen LogP contribution in [0.4, 0.5) is 0 Å². The first-order valence-electron chi connectivity index (χ1n) is 11.4. The van der Waals surface area contributed by atoms with Gasteiger partial charge in [0.2, 0.25) is 0 Å². The van der Waals surface area contributed by atoms with E-state index < -0.39 is 5.41 Å². The van der Waals surface area contributed by atoms with Crippen molar-refractivity contribution in [1.82, 2.24) is 4.90 Å². The standard InChI is InChI=1S/C26H36N2O3/c1-26(20-29,25(30)31-17-16-28-14-6-3-7-15-28)19-24(27)18-21-10-12-23(13-11-21)22-8-4-2-5-9-22/h2,4-5,8-13,24,29H,3,6-7,14-20,27H2,1H3/t24?,26-/m1/s1. The number of ether oxygens (including phenoxy) is 1. The van der Waals surface area contributed by atoms with Gasteiger partial charge in [0.1, 0.15) is 6.61 Å². The molecule has 5 nitrogen and oxygen atoms in total. The third-order valence-corrected chi connectivity index (χ3v) is 6.20. The Morgan fingerprint density at radius 3 is 2.35 bits per heavy atom. The quantitative estimate of drug-likeness (QED) is 0.570. The van der Waals surface area contributed by atoms with Crippen LogP contribution in [0.25, 0.3) is 11.1 Å². The Morgan fingerprint density at radius 2 is 1.71 bits per heavy atom. The molecule has 0 aliphatic carbocycles. The predicted molar refractivity (Wildman–Crippen MR) is 125 cm³/mol. The van der Waals surface area contributed by atoms with E-state index in [-0.39, 0.29) is 18.6 Å². The molecule has 0 amide bonds. The predicted octanol–water partition coefficient (Wildman–Crippen LogP) is 3.64. The lowest BCUT2D eigenvalue weighted by molar-refractivity contribution is -0.158. The summed E-state index contributed by atoms with van der Waals surface area (Å²) in [6.45, 7) is 4.74. The Balaban J connectivity index is 1.49. The Labute approximate surface area is 186 Å². The van der Waals surface area contributed by atoms with Gasteiger partial charge in [0.25, 0.3) is 0 Å². The van der Waals surface area contributed by atoms with Crippen LogP contribution in [-0.4, -0.2) is 54.9 Å². The van der Waals surface area contributed by atoms with Crippen LogP contribution >= 0.6 is 0 Å². The molecule has 168 valence electrons. The first-order valence-corrected chi connectivity index (χ1v) is 11.4. The molecule has 31 heavy (non-hydrogen) atoms. The molecular formula is C26H36N2O3. The summed E-state index contributed by atoms with van der Waals surface area (Å²) in [6, 6.07) is 18.3. The van der Waals surface area contributed by atoms with Crippen LogP contribution in [0.5, 0.6) is 0 Å². The van der Waals surface area contributed by atoms with Crippen LogP contribution in [-0.2, 0) is 16.0 Å². The number of likely N-dealkylation sites (tertiary alicyclic amines) is 1. The average Bonchev–Trinajstić information content (AvgIpc) is 2.80. The van der Waals surface area contributed by atoms with Crippen LogP contribution in [0.15, 0.2) is 54.6 Å². The number of hydrogen-bond acceptors (Lipinski definition) is 5. The molecule has 1 fully saturated rings. The minimum Gasteiger partial charge on any atom is -0.464 e. The van der Waals surface area contributed by atoms with Gasteiger partial charge in [-0.1, -0.05) is 61.0 Å². The lowest BCUT2D eigenvalue weighted by Crippen LogP contribution is -2.41. The highest BCUT2D eigenvalue weighted by molar-refractivity contribution is 5.76. The Hall–Kier alpha value is -2.21. The van der Waals surface area contributed by atoms with E-state index in [2.05, 4.69) is 41.3 Å². The number of piperidine rings is 1. The molecule has 1 heterocycles. The summed E-state index contributed by atoms with van der Waals surface area (Å²) in [5.41, 5.74) is 8.85. The summed E-state index contributed by atoms with van der Waals surface area (Å²) >= 11 is 0. The number of hydrogen-bond donors (Lipinski definition) is 2. The third-order valence-electron chi connectivity index (χ3n) is 6.20. The molecule has 2 aromatic carbocycles. The van der Waals surface area contributed by atoms with E-state index in [1.165, 1.54) is 24.8 Å². The van der Waals surface area contributed by atoms with Gasteiger partial charge in [-0.15, -0.1) is 0 Å². The largest absolute Gasteiger partial charge is 0.464 e. The highest BCUT2D eigenvalue weighted by atomic mass is 16.5. The first-order chi connectivity index (χ1) is 15.0. The van der Waals surface area contributed by atoms with Crippen LogP contribution in [0, 0.1) is 5.41 Å². The van der Waals surface area contributed by atoms with Crippen LogP contribution in [0.3, 0.4) is 0 Å². The molecule has 1 unspecified atom stereocenters. The number of carbonyl (C=O) groups excluding carboxylic acids is 1. The molecule has 3 rings (SSSR count). The molecule has 0 spiro atoms. The maximum Gasteiger partial charge on any atom is 0.314 e. The Morgan fingerprint density at radius 1 is 1.06 bits per heavy atom. The van der Waals surface area contributed by atoms with E-state index in [0.717, 1.165) is 30.8 Å². The van der Waals surface area contributed by atoms with E-state index in [1.807, 2.05) is 18.2 Å². The van der Waals surface area contributed by atoms with Gasteiger partial charge in [0, 0.05) is 12.6 Å². The minimum atomic E-state index is -0.981. The number of nitrogens with zero attached hydrogens (tertiary/aromatic N) is 1. The zero-order valence-corrected chi connectivity index (χ0v) is 18.6. The van der Waals surface area contributed by atoms with Gasteiger partial charge in [-0.2, -0.15) is 0 Å². The van der Waals surface area contributed by atoms with Gasteiger partial charge in [0.05, 0.1) is 12.0 Å². The molecule has 0 saturated carbocycles. The van der Waals surface area contributed by atoms with Gasteiger partial charge in [0.15, 0.2) is 0 Å². The van der Waals surface area contributed by atoms with Crippen molar-refractivity contribution in [2.45, 2.75) is 45.1 Å². The molecule has 0 bridgehead atoms. The van der Waals surface area contributed by atoms with Crippen molar-refractivity contribution in [2.75, 3.05) is 32.8 Å². The number of nitrogens with two attached hydrogens (primary N) is 1. The monoisotopic (exact) mass is 424 g/mol. The van der Waals surface area contributed by atoms with E-state index >= 15 is 0 Å². The number of rotatable bonds is 10. The van der Waals surface area contributed by atoms with Crippen molar-refractivity contribution in [1.29, 1.82) is 0 Å². The lowest BCUT2D eigenvalue weighted by Gasteiger charge is -2.30. The number of benzene rings is 2. The smallest absolute Gasteiger partial charge is 0.314 e. The zero-order chi connectivity index (χ0) is 22.1. The maximum absolute atomic E-state index is 12.7. The summed E-state index contributed by atoms with van der Waals surface area (Å²) in [7, 11) is 0. The molecular weight excluding hydrogens is 388 g/mol. The van der Waals surface area contributed by atoms with Crippen molar-refractivity contribution >= 4 is 5.97 Å². The highest BCUT2D eigenvalue weighted by Crippen LogP contribution is 2.26. The second kappa shape index (κ2) is 11.4. The molecule has 5 heteroatoms. The van der Waals surface area contributed by atoms with E-state index in [9.17, 15) is 9.90 Å². The maximum atomic E-state index is 12.7. The van der Waals surface area contributed by atoms with Gasteiger partial charge in [-0.05, 0) is 62.4 Å². The van der Waals surface area contributed by atoms with Crippen molar-refractivity contribution in [2.24, 2.45) is 11.1 Å². The summed E-state index contributed by atoms with van der Waals surface area (Å²) in [4.78, 5) is 15.0. The Bertz CT molecular complexity index is 803. The van der Waals surface area contributed by atoms with Crippen molar-refractivity contribution in [3.63, 3.8) is 0 Å². The van der Waals surface area contributed by atoms with Gasteiger partial charge in [-0.25, -0.2) is 0 Å². The normalized spacial score (nSPS) is 17.6. The first kappa shape index (κ1) is 23.5. The minimum absolute atomic E-state index is 0.241. The van der Waals surface area contributed by atoms with Crippen LogP contribution in [0.1, 0.15) is 38.2 Å². The summed E-state index contributed by atoms with van der Waals surface area (Å²) in [5.74, 6) is -0.359. The van der Waals surface area contributed by atoms with E-state index in [0.29, 0.717) is 19.4 Å². The van der Waals surface area contributed by atoms with Crippen LogP contribution < -0.4 is 5.73 Å². The third kappa shape index (κ3) is 6.89. The zero-order valence-electron chi connectivity index (χ0n) is 18.6. The molecule has 0 aromatic heterocycles. The van der Waals surface area contributed by atoms with Crippen molar-refractivity contribution in [3.05, 3.63) is 60.2 Å². The van der Waals surface area contributed by atoms with Crippen molar-refractivity contribution < 1.29 is 14.6 Å². The lowest BCUT2D eigenvalue weighted by atomic mass is 9.83. The fourth-order valence-electron chi connectivity index (χ4n) is 4.25. The Kier molecular flexibility index (Phi) is 8.64. The SMILES string of the molecule is C[C@](CO)(CC(N)Cc1ccc(-c2ccccc2)cc1)C(=O)OCCN1CCCCC1. The fourth-order valence-corrected chi connectivity index (χ4v) is 4.25. The van der Waals surface area contributed by atoms with Gasteiger partial charge in [-0.3, -0.25) is 9.69 Å². The molecule has 2 atom stereocenters. The second-order valence-corrected chi connectivity index (χ2v) is 8.99. The number of esters is 1. The molecule has 1 saturated heterocycles. The molecule has 2 aromatic rings. The summed E-state index contributed by atoms with van der Waals surface area (Å²) < 4.78 is 5.52. The molecule has 1 aliphatic rings. The summed E-state index contributed by atoms with van der Waals surface area (Å²) in [6.07, 6.45) is 4.73. The number of aliphatic hydroxyl groups is 1. The molecule has 0 radical (unpaired) electrons. The van der Waals surface area contributed by atoms with Crippen LogP contribution in [0.2, 0.25) is 0 Å². The van der Waals surface area contributed by atoms with Crippen molar-refractivity contribution in [3.8, 4) is 11.1 Å². The molecule has 1 aliphatic heterocycles. The average molecular weight is 425 g/mol. The van der Waals surface area contributed by atoms with Gasteiger partial charge < -0.3 is 15.6 Å². The fraction of sp³-hybridized carbons (Fsp3) is 0.500. The highest BCUT2D eigenvalue weighted by Gasteiger charge is 2.36. The topological polar surface area (TPSA) is 75.8 Å². The molecule has 3 N–H and O–H groups in total. The second-order valence-electron chi connectivity index (χ2n) is 8.99. The number of aliphatic hydroxyl groups excluding tert-OH is 1. The van der Waals surface area contributed by atoms with Gasteiger partial charge >= 0.3 is 5.97 Å². The number of carbonyl (C=O) groups is 1. The van der Waals surface area contributed by atoms with E-state index in [1.54, 1.807) is 6.92 Å².